The number of amides is 2. The molecule has 1 heterocycles. The van der Waals surface area contributed by atoms with Crippen LogP contribution in [0.25, 0.3) is 6.08 Å². The van der Waals surface area contributed by atoms with Crippen LogP contribution in [0.2, 0.25) is 0 Å². The summed E-state index contributed by atoms with van der Waals surface area (Å²) in [4.78, 5) is 27.0. The first-order valence-corrected chi connectivity index (χ1v) is 10.9. The van der Waals surface area contributed by atoms with E-state index in [0.717, 1.165) is 5.56 Å². The first-order chi connectivity index (χ1) is 16.0. The molecule has 0 atom stereocenters. The molecule has 0 unspecified atom stereocenters. The number of rotatable bonds is 7. The summed E-state index contributed by atoms with van der Waals surface area (Å²) in [5, 5.41) is 2.62. The molecule has 33 heavy (non-hydrogen) atoms. The van der Waals surface area contributed by atoms with E-state index in [2.05, 4.69) is 5.32 Å². The number of thiocarbonyl (C=S) groups is 1. The molecular weight excluding hydrogens is 436 g/mol. The van der Waals surface area contributed by atoms with E-state index in [4.69, 9.17) is 21.7 Å². The van der Waals surface area contributed by atoms with E-state index in [1.54, 1.807) is 54.6 Å². The van der Waals surface area contributed by atoms with Gasteiger partial charge in [0.2, 0.25) is 0 Å². The standard InChI is InChI=1S/C26H22N2O4S/c1-2-31-22-10-6-9-20(16-22)28-25(30)23(24(29)27-26(28)33)15-18-11-13-21(14-12-18)32-17-19-7-4-3-5-8-19/h3-16H,2,17H2,1H3,(H,27,29,33)/b23-15-. The molecule has 3 aromatic rings. The molecule has 1 N–H and O–H groups in total. The van der Waals surface area contributed by atoms with Crippen LogP contribution in [0.15, 0.2) is 84.4 Å². The van der Waals surface area contributed by atoms with Gasteiger partial charge in [0, 0.05) is 6.07 Å². The van der Waals surface area contributed by atoms with Crippen LogP contribution in [0.3, 0.4) is 0 Å². The van der Waals surface area contributed by atoms with Crippen molar-refractivity contribution in [1.29, 1.82) is 0 Å². The average Bonchev–Trinajstić information content (AvgIpc) is 2.82. The van der Waals surface area contributed by atoms with Gasteiger partial charge < -0.3 is 9.47 Å². The third-order valence-corrected chi connectivity index (χ3v) is 5.21. The maximum Gasteiger partial charge on any atom is 0.270 e. The minimum atomic E-state index is -0.536. The molecule has 3 aromatic carbocycles. The zero-order chi connectivity index (χ0) is 23.2. The van der Waals surface area contributed by atoms with E-state index in [1.807, 2.05) is 37.3 Å². The maximum atomic E-state index is 13.2. The number of ether oxygens (including phenoxy) is 2. The average molecular weight is 459 g/mol. The highest BCUT2D eigenvalue weighted by molar-refractivity contribution is 7.80. The third-order valence-electron chi connectivity index (χ3n) is 4.93. The largest absolute Gasteiger partial charge is 0.494 e. The molecule has 0 bridgehead atoms. The molecule has 1 aliphatic heterocycles. The molecule has 2 amide bonds. The molecule has 1 saturated heterocycles. The van der Waals surface area contributed by atoms with Gasteiger partial charge in [-0.2, -0.15) is 0 Å². The van der Waals surface area contributed by atoms with E-state index in [9.17, 15) is 9.59 Å². The summed E-state index contributed by atoms with van der Waals surface area (Å²) in [7, 11) is 0. The van der Waals surface area contributed by atoms with Crippen molar-refractivity contribution in [1.82, 2.24) is 5.32 Å². The van der Waals surface area contributed by atoms with Crippen LogP contribution in [-0.2, 0) is 16.2 Å². The van der Waals surface area contributed by atoms with Crippen LogP contribution in [0, 0.1) is 0 Å². The number of benzene rings is 3. The molecule has 7 heteroatoms. The SMILES string of the molecule is CCOc1cccc(N2C(=O)/C(=C\c3ccc(OCc4ccccc4)cc3)C(=O)NC2=S)c1. The normalized spacial score (nSPS) is 14.9. The Morgan fingerprint density at radius 2 is 1.67 bits per heavy atom. The zero-order valence-electron chi connectivity index (χ0n) is 18.0. The number of hydrogen-bond acceptors (Lipinski definition) is 5. The second-order valence-electron chi connectivity index (χ2n) is 7.23. The van der Waals surface area contributed by atoms with Gasteiger partial charge in [-0.1, -0.05) is 48.5 Å². The highest BCUT2D eigenvalue weighted by Crippen LogP contribution is 2.26. The fraction of sp³-hybridized carbons (Fsp3) is 0.115. The molecular formula is C26H22N2O4S. The molecule has 1 fully saturated rings. The van der Waals surface area contributed by atoms with Crippen LogP contribution < -0.4 is 19.7 Å². The third kappa shape index (κ3) is 5.27. The van der Waals surface area contributed by atoms with Crippen molar-refractivity contribution in [2.45, 2.75) is 13.5 Å². The van der Waals surface area contributed by atoms with E-state index < -0.39 is 11.8 Å². The Morgan fingerprint density at radius 1 is 0.909 bits per heavy atom. The first-order valence-electron chi connectivity index (χ1n) is 10.5. The van der Waals surface area contributed by atoms with E-state index in [-0.39, 0.29) is 10.7 Å². The van der Waals surface area contributed by atoms with Gasteiger partial charge in [0.25, 0.3) is 11.8 Å². The number of nitrogens with one attached hydrogen (secondary N) is 1. The van der Waals surface area contributed by atoms with Crippen molar-refractivity contribution < 1.29 is 19.1 Å². The summed E-state index contributed by atoms with van der Waals surface area (Å²) in [5.74, 6) is 0.267. The van der Waals surface area contributed by atoms with Crippen molar-refractivity contribution in [3.8, 4) is 11.5 Å². The zero-order valence-corrected chi connectivity index (χ0v) is 18.8. The summed E-state index contributed by atoms with van der Waals surface area (Å²) < 4.78 is 11.3. The van der Waals surface area contributed by atoms with Crippen LogP contribution in [0.1, 0.15) is 18.1 Å². The Morgan fingerprint density at radius 3 is 2.39 bits per heavy atom. The molecule has 4 rings (SSSR count). The number of anilines is 1. The van der Waals surface area contributed by atoms with Crippen LogP contribution >= 0.6 is 12.2 Å². The fourth-order valence-electron chi connectivity index (χ4n) is 3.34. The lowest BCUT2D eigenvalue weighted by Crippen LogP contribution is -2.54. The fourth-order valence-corrected chi connectivity index (χ4v) is 3.62. The van der Waals surface area contributed by atoms with E-state index >= 15 is 0 Å². The van der Waals surface area contributed by atoms with Crippen molar-refractivity contribution in [2.75, 3.05) is 11.5 Å². The Kier molecular flexibility index (Phi) is 6.80. The summed E-state index contributed by atoms with van der Waals surface area (Å²) in [6.07, 6.45) is 1.54. The maximum absolute atomic E-state index is 13.2. The Bertz CT molecular complexity index is 1210. The van der Waals surface area contributed by atoms with Crippen molar-refractivity contribution in [3.63, 3.8) is 0 Å². The predicted molar refractivity (Wildman–Crippen MR) is 131 cm³/mol. The number of carbonyl (C=O) groups is 2. The first kappa shape index (κ1) is 22.2. The quantitative estimate of drug-likeness (QED) is 0.321. The van der Waals surface area contributed by atoms with Crippen LogP contribution in [0.5, 0.6) is 11.5 Å². The lowest BCUT2D eigenvalue weighted by Gasteiger charge is -2.29. The highest BCUT2D eigenvalue weighted by Gasteiger charge is 2.34. The molecule has 0 aromatic heterocycles. The summed E-state index contributed by atoms with van der Waals surface area (Å²) in [6, 6.07) is 24.1. The lowest BCUT2D eigenvalue weighted by molar-refractivity contribution is -0.122. The Balaban J connectivity index is 1.53. The highest BCUT2D eigenvalue weighted by atomic mass is 32.1. The summed E-state index contributed by atoms with van der Waals surface area (Å²) >= 11 is 5.26. The topological polar surface area (TPSA) is 67.9 Å². The minimum absolute atomic E-state index is 0.0108. The molecule has 0 radical (unpaired) electrons. The molecule has 0 saturated carbocycles. The number of nitrogens with zero attached hydrogens (tertiary/aromatic N) is 1. The summed E-state index contributed by atoms with van der Waals surface area (Å²) in [5.41, 5.74) is 2.27. The Hall–Kier alpha value is -3.97. The molecule has 0 aliphatic carbocycles. The van der Waals surface area contributed by atoms with E-state index in [0.29, 0.717) is 36.0 Å². The van der Waals surface area contributed by atoms with E-state index in [1.165, 1.54) is 4.90 Å². The van der Waals surface area contributed by atoms with Gasteiger partial charge in [-0.3, -0.25) is 19.8 Å². The van der Waals surface area contributed by atoms with Gasteiger partial charge in [0.15, 0.2) is 5.11 Å². The second kappa shape index (κ2) is 10.1. The smallest absolute Gasteiger partial charge is 0.270 e. The van der Waals surface area contributed by atoms with Gasteiger partial charge in [0.1, 0.15) is 23.7 Å². The monoisotopic (exact) mass is 458 g/mol. The Labute approximate surface area is 197 Å². The lowest BCUT2D eigenvalue weighted by atomic mass is 10.1. The number of carbonyl (C=O) groups excluding carboxylic acids is 2. The van der Waals surface area contributed by atoms with Gasteiger partial charge in [0.05, 0.1) is 12.3 Å². The molecule has 0 spiro atoms. The van der Waals surface area contributed by atoms with Gasteiger partial charge in [-0.15, -0.1) is 0 Å². The second-order valence-corrected chi connectivity index (χ2v) is 7.62. The molecule has 6 nitrogen and oxygen atoms in total. The van der Waals surface area contributed by atoms with Gasteiger partial charge >= 0.3 is 0 Å². The minimum Gasteiger partial charge on any atom is -0.494 e. The van der Waals surface area contributed by atoms with Gasteiger partial charge in [-0.25, -0.2) is 0 Å². The van der Waals surface area contributed by atoms with Gasteiger partial charge in [-0.05, 0) is 60.6 Å². The predicted octanol–water partition coefficient (Wildman–Crippen LogP) is 4.50. The van der Waals surface area contributed by atoms with Crippen molar-refractivity contribution in [3.05, 3.63) is 95.6 Å². The van der Waals surface area contributed by atoms with Crippen molar-refractivity contribution in [2.24, 2.45) is 0 Å². The van der Waals surface area contributed by atoms with Crippen LogP contribution in [-0.4, -0.2) is 23.5 Å². The molecule has 1 aliphatic rings. The summed E-state index contributed by atoms with van der Waals surface area (Å²) in [6.45, 7) is 2.83. The van der Waals surface area contributed by atoms with Crippen molar-refractivity contribution >= 4 is 40.9 Å². The molecule has 166 valence electrons. The van der Waals surface area contributed by atoms with Crippen LogP contribution in [0.4, 0.5) is 5.69 Å². The number of hydrogen-bond donors (Lipinski definition) is 1.